The van der Waals surface area contributed by atoms with E-state index in [9.17, 15) is 18.0 Å². The molecule has 0 unspecified atom stereocenters. The number of carbonyl (C=O) groups is 2. The first-order valence-electron chi connectivity index (χ1n) is 12.0. The summed E-state index contributed by atoms with van der Waals surface area (Å²) in [6.45, 7) is 3.21. The van der Waals surface area contributed by atoms with Gasteiger partial charge >= 0.3 is 0 Å². The van der Waals surface area contributed by atoms with Crippen LogP contribution in [-0.2, 0) is 19.6 Å². The van der Waals surface area contributed by atoms with Crippen LogP contribution in [0.5, 0.6) is 0 Å². The van der Waals surface area contributed by atoms with Crippen molar-refractivity contribution in [1.82, 2.24) is 14.5 Å². The van der Waals surface area contributed by atoms with E-state index >= 15 is 0 Å². The molecule has 8 heteroatoms. The van der Waals surface area contributed by atoms with E-state index in [-0.39, 0.29) is 29.8 Å². The number of aryl methyl sites for hydroxylation is 1. The van der Waals surface area contributed by atoms with Gasteiger partial charge in [-0.15, -0.1) is 0 Å². The van der Waals surface area contributed by atoms with Crippen LogP contribution >= 0.6 is 0 Å². The van der Waals surface area contributed by atoms with Gasteiger partial charge in [0.15, 0.2) is 0 Å². The molecule has 1 aliphatic carbocycles. The molecule has 2 aliphatic heterocycles. The lowest BCUT2D eigenvalue weighted by atomic mass is 9.94. The van der Waals surface area contributed by atoms with Crippen molar-refractivity contribution in [3.63, 3.8) is 0 Å². The first-order chi connectivity index (χ1) is 15.4. The lowest BCUT2D eigenvalue weighted by molar-refractivity contribution is -0.142. The van der Waals surface area contributed by atoms with Gasteiger partial charge < -0.3 is 10.2 Å². The summed E-state index contributed by atoms with van der Waals surface area (Å²) >= 11 is 0. The van der Waals surface area contributed by atoms with Crippen LogP contribution in [0.1, 0.15) is 63.4 Å². The second kappa shape index (κ2) is 9.91. The fourth-order valence-corrected chi connectivity index (χ4v) is 6.75. The van der Waals surface area contributed by atoms with Gasteiger partial charge in [-0.1, -0.05) is 37.0 Å². The van der Waals surface area contributed by atoms with Gasteiger partial charge in [0.25, 0.3) is 0 Å². The Bertz CT molecular complexity index is 917. The summed E-state index contributed by atoms with van der Waals surface area (Å²) in [7, 11) is -3.54. The van der Waals surface area contributed by atoms with Crippen molar-refractivity contribution < 1.29 is 18.0 Å². The molecule has 32 heavy (non-hydrogen) atoms. The van der Waals surface area contributed by atoms with Gasteiger partial charge in [0.1, 0.15) is 6.04 Å². The van der Waals surface area contributed by atoms with E-state index in [4.69, 9.17) is 0 Å². The predicted octanol–water partition coefficient (Wildman–Crippen LogP) is 2.84. The number of rotatable bonds is 5. The average Bonchev–Trinajstić information content (AvgIpc) is 3.30. The number of piperidine rings is 1. The van der Waals surface area contributed by atoms with Gasteiger partial charge in [-0.2, -0.15) is 4.31 Å². The smallest absolute Gasteiger partial charge is 0.243 e. The van der Waals surface area contributed by atoms with E-state index in [0.717, 1.165) is 37.7 Å². The first-order valence-corrected chi connectivity index (χ1v) is 13.5. The number of benzene rings is 1. The van der Waals surface area contributed by atoms with Crippen LogP contribution in [-0.4, -0.2) is 61.2 Å². The molecule has 0 bridgehead atoms. The van der Waals surface area contributed by atoms with Gasteiger partial charge in [0.2, 0.25) is 21.8 Å². The summed E-state index contributed by atoms with van der Waals surface area (Å²) in [5, 5.41) is 3.18. The summed E-state index contributed by atoms with van der Waals surface area (Å²) in [5.41, 5.74) is 1.01. The Balaban J connectivity index is 1.34. The topological polar surface area (TPSA) is 86.8 Å². The highest BCUT2D eigenvalue weighted by Crippen LogP contribution is 2.28. The average molecular weight is 462 g/mol. The molecule has 3 aliphatic rings. The Labute approximate surface area is 191 Å². The van der Waals surface area contributed by atoms with Gasteiger partial charge in [-0.3, -0.25) is 9.59 Å². The molecule has 1 atom stereocenters. The van der Waals surface area contributed by atoms with Gasteiger partial charge in [0, 0.05) is 31.6 Å². The highest BCUT2D eigenvalue weighted by Gasteiger charge is 2.40. The second-order valence-corrected chi connectivity index (χ2v) is 11.5. The summed E-state index contributed by atoms with van der Waals surface area (Å²) in [5.74, 6) is -0.219. The first kappa shape index (κ1) is 23.2. The van der Waals surface area contributed by atoms with E-state index in [0.29, 0.717) is 43.8 Å². The Morgan fingerprint density at radius 3 is 2.19 bits per heavy atom. The molecule has 0 aromatic heterocycles. The number of nitrogens with one attached hydrogen (secondary N) is 1. The largest absolute Gasteiger partial charge is 0.352 e. The normalized spacial score (nSPS) is 23.9. The standard InChI is InChI=1S/C24H35N3O4S/c1-18-9-11-21(12-10-18)32(30,31)26-16-13-19(14-17-26)24(29)27-15-5-8-22(27)23(28)25-20-6-3-2-4-7-20/h9-12,19-20,22H,2-8,13-17H2,1H3,(H,25,28)/t22-/m0/s1. The maximum absolute atomic E-state index is 13.2. The zero-order chi connectivity index (χ0) is 22.7. The van der Waals surface area contributed by atoms with E-state index in [2.05, 4.69) is 5.32 Å². The second-order valence-electron chi connectivity index (χ2n) is 9.52. The van der Waals surface area contributed by atoms with Gasteiger partial charge in [0.05, 0.1) is 4.90 Å². The van der Waals surface area contributed by atoms with Crippen LogP contribution in [0.3, 0.4) is 0 Å². The molecule has 176 valence electrons. The number of carbonyl (C=O) groups excluding carboxylic acids is 2. The van der Waals surface area contributed by atoms with Crippen molar-refractivity contribution in [1.29, 1.82) is 0 Å². The Morgan fingerprint density at radius 2 is 1.53 bits per heavy atom. The molecular formula is C24H35N3O4S. The van der Waals surface area contributed by atoms with E-state index in [1.165, 1.54) is 10.7 Å². The van der Waals surface area contributed by atoms with Crippen LogP contribution in [0.2, 0.25) is 0 Å². The third-order valence-electron chi connectivity index (χ3n) is 7.25. The highest BCUT2D eigenvalue weighted by atomic mass is 32.2. The maximum Gasteiger partial charge on any atom is 0.243 e. The quantitative estimate of drug-likeness (QED) is 0.731. The minimum Gasteiger partial charge on any atom is -0.352 e. The third kappa shape index (κ3) is 5.01. The molecule has 1 saturated carbocycles. The molecule has 3 fully saturated rings. The number of hydrogen-bond acceptors (Lipinski definition) is 4. The number of likely N-dealkylation sites (tertiary alicyclic amines) is 1. The van der Waals surface area contributed by atoms with Crippen molar-refractivity contribution in [2.75, 3.05) is 19.6 Å². The molecule has 0 radical (unpaired) electrons. The Morgan fingerprint density at radius 1 is 0.875 bits per heavy atom. The zero-order valence-electron chi connectivity index (χ0n) is 19.0. The third-order valence-corrected chi connectivity index (χ3v) is 9.16. The van der Waals surface area contributed by atoms with Crippen molar-refractivity contribution >= 4 is 21.8 Å². The fraction of sp³-hybridized carbons (Fsp3) is 0.667. The molecule has 1 N–H and O–H groups in total. The summed E-state index contributed by atoms with van der Waals surface area (Å²) in [4.78, 5) is 28.2. The number of hydrogen-bond donors (Lipinski definition) is 1. The van der Waals surface area contributed by atoms with E-state index in [1.54, 1.807) is 29.2 Å². The molecule has 7 nitrogen and oxygen atoms in total. The van der Waals surface area contributed by atoms with Gasteiger partial charge in [-0.25, -0.2) is 8.42 Å². The van der Waals surface area contributed by atoms with Crippen LogP contribution in [0.4, 0.5) is 0 Å². The molecule has 2 heterocycles. The maximum atomic E-state index is 13.2. The summed E-state index contributed by atoms with van der Waals surface area (Å²) < 4.78 is 27.4. The van der Waals surface area contributed by atoms with Crippen LogP contribution in [0, 0.1) is 12.8 Å². The van der Waals surface area contributed by atoms with Crippen molar-refractivity contribution in [2.24, 2.45) is 5.92 Å². The van der Waals surface area contributed by atoms with Gasteiger partial charge in [-0.05, 0) is 57.6 Å². The number of amides is 2. The van der Waals surface area contributed by atoms with Crippen molar-refractivity contribution in [2.45, 2.75) is 81.7 Å². The molecule has 4 rings (SSSR count). The monoisotopic (exact) mass is 461 g/mol. The summed E-state index contributed by atoms with van der Waals surface area (Å²) in [6, 6.07) is 6.75. The Kier molecular flexibility index (Phi) is 7.20. The Hall–Kier alpha value is -1.93. The van der Waals surface area contributed by atoms with Crippen LogP contribution in [0.15, 0.2) is 29.2 Å². The SMILES string of the molecule is Cc1ccc(S(=O)(=O)N2CCC(C(=O)N3CCC[C@H]3C(=O)NC3CCCCC3)CC2)cc1. The lowest BCUT2D eigenvalue weighted by Crippen LogP contribution is -2.51. The predicted molar refractivity (Wildman–Crippen MR) is 122 cm³/mol. The highest BCUT2D eigenvalue weighted by molar-refractivity contribution is 7.89. The number of sulfonamides is 1. The van der Waals surface area contributed by atoms with E-state index < -0.39 is 10.0 Å². The van der Waals surface area contributed by atoms with Crippen LogP contribution in [0.25, 0.3) is 0 Å². The molecule has 2 saturated heterocycles. The molecule has 0 spiro atoms. The number of nitrogens with zero attached hydrogens (tertiary/aromatic N) is 2. The minimum atomic E-state index is -3.54. The van der Waals surface area contributed by atoms with Crippen LogP contribution < -0.4 is 5.32 Å². The van der Waals surface area contributed by atoms with E-state index in [1.807, 2.05) is 6.92 Å². The molecule has 1 aromatic carbocycles. The lowest BCUT2D eigenvalue weighted by Gasteiger charge is -2.34. The molecule has 1 aromatic rings. The fourth-order valence-electron chi connectivity index (χ4n) is 5.28. The summed E-state index contributed by atoms with van der Waals surface area (Å²) in [6.07, 6.45) is 8.15. The minimum absolute atomic E-state index is 0.0119. The zero-order valence-corrected chi connectivity index (χ0v) is 19.8. The van der Waals surface area contributed by atoms with Crippen molar-refractivity contribution in [3.8, 4) is 0 Å². The molecular weight excluding hydrogens is 426 g/mol. The van der Waals surface area contributed by atoms with Crippen molar-refractivity contribution in [3.05, 3.63) is 29.8 Å². The molecule has 2 amide bonds.